The molecule has 0 radical (unpaired) electrons. The summed E-state index contributed by atoms with van der Waals surface area (Å²) in [5, 5.41) is 20.0. The van der Waals surface area contributed by atoms with Crippen molar-refractivity contribution in [3.8, 4) is 16.9 Å². The molecule has 1 aromatic heterocycles. The summed E-state index contributed by atoms with van der Waals surface area (Å²) >= 11 is 0. The molecule has 7 nitrogen and oxygen atoms in total. The summed E-state index contributed by atoms with van der Waals surface area (Å²) in [7, 11) is 0. The maximum absolute atomic E-state index is 12.9. The highest BCUT2D eigenvalue weighted by Crippen LogP contribution is 2.31. The third kappa shape index (κ3) is 7.37. The van der Waals surface area contributed by atoms with E-state index >= 15 is 0 Å². The quantitative estimate of drug-likeness (QED) is 0.237. The van der Waals surface area contributed by atoms with Crippen LogP contribution in [0.1, 0.15) is 33.9 Å². The van der Waals surface area contributed by atoms with E-state index in [2.05, 4.69) is 5.32 Å². The van der Waals surface area contributed by atoms with Crippen LogP contribution in [-0.2, 0) is 17.5 Å². The molecular weight excluding hydrogens is 523 g/mol. The minimum atomic E-state index is -4.42. The van der Waals surface area contributed by atoms with Gasteiger partial charge in [-0.1, -0.05) is 42.5 Å². The number of nitrogens with zero attached hydrogens (tertiary/aromatic N) is 1. The molecule has 0 bridgehead atoms. The molecule has 0 fully saturated rings. The van der Waals surface area contributed by atoms with Crippen molar-refractivity contribution in [2.24, 2.45) is 0 Å². The number of hydrogen-bond acceptors (Lipinski definition) is 4. The predicted molar refractivity (Wildman–Crippen MR) is 142 cm³/mol. The molecule has 0 aliphatic carbocycles. The number of alkyl halides is 3. The van der Waals surface area contributed by atoms with Crippen LogP contribution >= 0.6 is 0 Å². The second kappa shape index (κ2) is 12.3. The molecule has 4 rings (SSSR count). The summed E-state index contributed by atoms with van der Waals surface area (Å²) in [6.45, 7) is 0.811. The van der Waals surface area contributed by atoms with Crippen LogP contribution in [0.2, 0.25) is 0 Å². The van der Waals surface area contributed by atoms with Gasteiger partial charge in [-0.15, -0.1) is 0 Å². The van der Waals surface area contributed by atoms with Crippen LogP contribution in [0.5, 0.6) is 5.75 Å². The van der Waals surface area contributed by atoms with E-state index in [1.54, 1.807) is 71.4 Å². The fourth-order valence-electron chi connectivity index (χ4n) is 4.06. The van der Waals surface area contributed by atoms with Crippen LogP contribution in [0.15, 0.2) is 97.2 Å². The number of amides is 1. The van der Waals surface area contributed by atoms with Crippen molar-refractivity contribution in [3.63, 3.8) is 0 Å². The first-order valence-corrected chi connectivity index (χ1v) is 12.3. The number of carboxylic acids is 1. The Labute approximate surface area is 228 Å². The van der Waals surface area contributed by atoms with E-state index < -0.39 is 29.7 Å². The second-order valence-electron chi connectivity index (χ2n) is 8.97. The fraction of sp³-hybridized carbons (Fsp3) is 0.167. The Morgan fingerprint density at radius 2 is 1.52 bits per heavy atom. The summed E-state index contributed by atoms with van der Waals surface area (Å²) in [6, 6.07) is 22.2. The molecule has 0 aliphatic heterocycles. The van der Waals surface area contributed by atoms with Crippen molar-refractivity contribution in [2.45, 2.75) is 25.2 Å². The number of halogens is 3. The van der Waals surface area contributed by atoms with Crippen LogP contribution in [0.25, 0.3) is 11.1 Å². The van der Waals surface area contributed by atoms with Gasteiger partial charge < -0.3 is 19.7 Å². The minimum Gasteiger partial charge on any atom is -0.492 e. The molecule has 1 unspecified atom stereocenters. The number of benzene rings is 3. The SMILES string of the molecule is N=c1ccccn1CCOc1ccc(C(=O)NC(CC(=O)O)c2ccc(-c3ccc(C(F)(F)F)cc3)cc2)cc1. The van der Waals surface area contributed by atoms with Crippen molar-refractivity contribution in [3.05, 3.63) is 119 Å². The lowest BCUT2D eigenvalue weighted by molar-refractivity contribution is -0.138. The molecule has 206 valence electrons. The van der Waals surface area contributed by atoms with E-state index in [4.69, 9.17) is 10.1 Å². The standard InChI is InChI=1S/C30H26F3N3O4/c31-30(32,33)24-12-8-21(9-13-24)20-4-6-22(7-5-20)26(19-28(37)38)35-29(39)23-10-14-25(15-11-23)40-18-17-36-16-2-1-3-27(36)34/h1-16,26,34H,17-19H2,(H,35,39)(H,37,38). The Bertz CT molecular complexity index is 1510. The van der Waals surface area contributed by atoms with Crippen LogP contribution in [0.4, 0.5) is 13.2 Å². The number of rotatable bonds is 10. The van der Waals surface area contributed by atoms with E-state index in [1.165, 1.54) is 12.1 Å². The number of nitrogens with one attached hydrogen (secondary N) is 2. The molecule has 10 heteroatoms. The van der Waals surface area contributed by atoms with Gasteiger partial charge in [0.05, 0.1) is 24.6 Å². The first kappa shape index (κ1) is 28.2. The van der Waals surface area contributed by atoms with Gasteiger partial charge in [0.2, 0.25) is 0 Å². The molecule has 1 amide bonds. The van der Waals surface area contributed by atoms with Crippen molar-refractivity contribution < 1.29 is 32.6 Å². The topological polar surface area (TPSA) is 104 Å². The molecule has 1 atom stereocenters. The van der Waals surface area contributed by atoms with E-state index in [1.807, 2.05) is 6.07 Å². The van der Waals surface area contributed by atoms with Gasteiger partial charge in [0, 0.05) is 11.8 Å². The molecule has 3 N–H and O–H groups in total. The Kier molecular flexibility index (Phi) is 8.68. The van der Waals surface area contributed by atoms with E-state index in [0.717, 1.165) is 12.1 Å². The third-order valence-electron chi connectivity index (χ3n) is 6.20. The van der Waals surface area contributed by atoms with Crippen LogP contribution in [0, 0.1) is 5.41 Å². The zero-order chi connectivity index (χ0) is 28.7. The smallest absolute Gasteiger partial charge is 0.416 e. The van der Waals surface area contributed by atoms with E-state index in [0.29, 0.717) is 46.6 Å². The maximum atomic E-state index is 12.9. The Balaban J connectivity index is 1.39. The zero-order valence-corrected chi connectivity index (χ0v) is 21.2. The number of pyridine rings is 1. The second-order valence-corrected chi connectivity index (χ2v) is 8.97. The average Bonchev–Trinajstić information content (AvgIpc) is 2.93. The summed E-state index contributed by atoms with van der Waals surface area (Å²) < 4.78 is 46.0. The molecule has 0 saturated heterocycles. The van der Waals surface area contributed by atoms with Crippen molar-refractivity contribution in [2.75, 3.05) is 6.61 Å². The molecule has 3 aromatic carbocycles. The van der Waals surface area contributed by atoms with Gasteiger partial charge in [-0.3, -0.25) is 15.0 Å². The number of aliphatic carboxylic acids is 1. The highest BCUT2D eigenvalue weighted by molar-refractivity contribution is 5.94. The van der Waals surface area contributed by atoms with E-state index in [9.17, 15) is 27.9 Å². The Hall–Kier alpha value is -4.86. The highest BCUT2D eigenvalue weighted by Gasteiger charge is 2.30. The molecule has 40 heavy (non-hydrogen) atoms. The number of aromatic nitrogens is 1. The van der Waals surface area contributed by atoms with Gasteiger partial charge in [-0.25, -0.2) is 0 Å². The van der Waals surface area contributed by atoms with Crippen molar-refractivity contribution >= 4 is 11.9 Å². The van der Waals surface area contributed by atoms with Gasteiger partial charge in [-0.05, 0) is 65.2 Å². The van der Waals surface area contributed by atoms with Gasteiger partial charge in [0.1, 0.15) is 17.8 Å². The number of carbonyl (C=O) groups excluding carboxylic acids is 1. The van der Waals surface area contributed by atoms with Gasteiger partial charge in [0.25, 0.3) is 5.91 Å². The predicted octanol–water partition coefficient (Wildman–Crippen LogP) is 5.68. The van der Waals surface area contributed by atoms with Gasteiger partial charge in [-0.2, -0.15) is 13.2 Å². The molecular formula is C30H26F3N3O4. The lowest BCUT2D eigenvalue weighted by Gasteiger charge is -2.18. The van der Waals surface area contributed by atoms with Crippen LogP contribution in [-0.4, -0.2) is 28.2 Å². The van der Waals surface area contributed by atoms with Crippen LogP contribution in [0.3, 0.4) is 0 Å². The third-order valence-corrected chi connectivity index (χ3v) is 6.20. The van der Waals surface area contributed by atoms with Gasteiger partial charge in [0.15, 0.2) is 0 Å². The monoisotopic (exact) mass is 549 g/mol. The molecule has 0 saturated carbocycles. The Morgan fingerprint density at radius 3 is 2.10 bits per heavy atom. The summed E-state index contributed by atoms with van der Waals surface area (Å²) in [4.78, 5) is 24.4. The molecule has 4 aromatic rings. The van der Waals surface area contributed by atoms with Crippen molar-refractivity contribution in [1.29, 1.82) is 5.41 Å². The molecule has 0 aliphatic rings. The maximum Gasteiger partial charge on any atom is 0.416 e. The normalized spacial score (nSPS) is 12.0. The highest BCUT2D eigenvalue weighted by atomic mass is 19.4. The largest absolute Gasteiger partial charge is 0.492 e. The fourth-order valence-corrected chi connectivity index (χ4v) is 4.06. The summed E-state index contributed by atoms with van der Waals surface area (Å²) in [5.74, 6) is -1.03. The number of carbonyl (C=O) groups is 2. The van der Waals surface area contributed by atoms with E-state index in [-0.39, 0.29) is 6.42 Å². The molecule has 1 heterocycles. The summed E-state index contributed by atoms with van der Waals surface area (Å²) in [5.41, 5.74) is 1.70. The Morgan fingerprint density at radius 1 is 0.900 bits per heavy atom. The number of hydrogen-bond donors (Lipinski definition) is 3. The number of ether oxygens (including phenoxy) is 1. The van der Waals surface area contributed by atoms with Crippen molar-refractivity contribution in [1.82, 2.24) is 9.88 Å². The zero-order valence-electron chi connectivity index (χ0n) is 21.2. The number of carboxylic acid groups (broad SMARTS) is 1. The first-order valence-electron chi connectivity index (χ1n) is 12.3. The average molecular weight is 550 g/mol. The summed E-state index contributed by atoms with van der Waals surface area (Å²) in [6.07, 6.45) is -3.00. The van der Waals surface area contributed by atoms with Gasteiger partial charge >= 0.3 is 12.1 Å². The minimum absolute atomic E-state index is 0.315. The molecule has 0 spiro atoms. The van der Waals surface area contributed by atoms with Crippen LogP contribution < -0.4 is 15.5 Å². The lowest BCUT2D eigenvalue weighted by atomic mass is 9.98. The lowest BCUT2D eigenvalue weighted by Crippen LogP contribution is -2.30. The first-order chi connectivity index (χ1) is 19.1.